The van der Waals surface area contributed by atoms with Gasteiger partial charge in [0.2, 0.25) is 0 Å². The van der Waals surface area contributed by atoms with Crippen LogP contribution in [0.2, 0.25) is 0 Å². The highest BCUT2D eigenvalue weighted by Crippen LogP contribution is 2.40. The number of aliphatic hydroxyl groups is 1. The number of amides is 1. The zero-order chi connectivity index (χ0) is 28.9. The van der Waals surface area contributed by atoms with Crippen molar-refractivity contribution in [3.8, 4) is 0 Å². The van der Waals surface area contributed by atoms with Crippen LogP contribution in [0.1, 0.15) is 72.6 Å². The molecule has 8 nitrogen and oxygen atoms in total. The van der Waals surface area contributed by atoms with Gasteiger partial charge in [0.15, 0.2) is 5.78 Å². The Hall–Kier alpha value is -2.29. The number of carbonyl (C=O) groups is 3. The van der Waals surface area contributed by atoms with Crippen LogP contribution in [0.15, 0.2) is 36.0 Å². The molecular weight excluding hydrogens is 510 g/mol. The molecule has 3 saturated heterocycles. The first-order valence-electron chi connectivity index (χ1n) is 15.0. The Morgan fingerprint density at radius 3 is 2.62 bits per heavy atom. The number of carbonyl (C=O) groups excluding carboxylic acids is 3. The molecule has 1 saturated carbocycles. The Bertz CT molecular complexity index is 1010. The molecule has 0 aromatic carbocycles. The molecule has 0 bridgehead atoms. The van der Waals surface area contributed by atoms with Gasteiger partial charge in [-0.2, -0.15) is 0 Å². The van der Waals surface area contributed by atoms with Crippen LogP contribution < -0.4 is 0 Å². The average Bonchev–Trinajstić information content (AvgIpc) is 3.50. The van der Waals surface area contributed by atoms with E-state index >= 15 is 0 Å². The maximum atomic E-state index is 12.7. The number of aliphatic hydroxyl groups excluding tert-OH is 1. The zero-order valence-corrected chi connectivity index (χ0v) is 24.6. The Labute approximate surface area is 238 Å². The zero-order valence-electron chi connectivity index (χ0n) is 24.6. The summed E-state index contributed by atoms with van der Waals surface area (Å²) in [6.07, 6.45) is 13.8. The number of ketones is 2. The number of epoxide rings is 1. The van der Waals surface area contributed by atoms with Crippen LogP contribution in [0, 0.1) is 23.7 Å². The summed E-state index contributed by atoms with van der Waals surface area (Å²) < 4.78 is 16.7. The van der Waals surface area contributed by atoms with Gasteiger partial charge in [-0.25, -0.2) is 4.79 Å². The highest BCUT2D eigenvalue weighted by molar-refractivity contribution is 5.89. The third kappa shape index (κ3) is 8.14. The van der Waals surface area contributed by atoms with Crippen LogP contribution in [-0.4, -0.2) is 77.9 Å². The summed E-state index contributed by atoms with van der Waals surface area (Å²) >= 11 is 0. The first kappa shape index (κ1) is 30.7. The quantitative estimate of drug-likeness (QED) is 0.234. The molecule has 222 valence electrons. The number of allylic oxidation sites excluding steroid dienone is 4. The van der Waals surface area contributed by atoms with Crippen molar-refractivity contribution >= 4 is 17.7 Å². The topological polar surface area (TPSA) is 106 Å². The smallest absolute Gasteiger partial charge is 0.410 e. The second kappa shape index (κ2) is 13.6. The predicted molar refractivity (Wildman–Crippen MR) is 152 cm³/mol. The van der Waals surface area contributed by atoms with E-state index in [-0.39, 0.29) is 29.2 Å². The van der Waals surface area contributed by atoms with Gasteiger partial charge in [0, 0.05) is 31.8 Å². The Morgan fingerprint density at radius 1 is 1.18 bits per heavy atom. The third-order valence-corrected chi connectivity index (χ3v) is 9.30. The van der Waals surface area contributed by atoms with Gasteiger partial charge in [-0.05, 0) is 82.8 Å². The van der Waals surface area contributed by atoms with Crippen molar-refractivity contribution in [3.63, 3.8) is 0 Å². The van der Waals surface area contributed by atoms with Gasteiger partial charge >= 0.3 is 6.09 Å². The average molecular weight is 558 g/mol. The molecule has 3 heterocycles. The number of hydrogen-bond acceptors (Lipinski definition) is 7. The summed E-state index contributed by atoms with van der Waals surface area (Å²) in [4.78, 5) is 38.1. The molecule has 1 spiro atoms. The van der Waals surface area contributed by atoms with Gasteiger partial charge in [0.05, 0.1) is 13.2 Å². The van der Waals surface area contributed by atoms with Crippen LogP contribution >= 0.6 is 0 Å². The van der Waals surface area contributed by atoms with E-state index in [1.165, 1.54) is 5.57 Å². The van der Waals surface area contributed by atoms with Gasteiger partial charge in [0.25, 0.3) is 0 Å². The maximum absolute atomic E-state index is 12.7. The number of rotatable bonds is 10. The molecule has 4 aliphatic rings. The molecule has 0 radical (unpaired) electrons. The fraction of sp³-hybridized carbons (Fsp3) is 0.719. The minimum Gasteiger partial charge on any atom is -0.442 e. The molecule has 1 N–H and O–H groups in total. The van der Waals surface area contributed by atoms with E-state index in [0.29, 0.717) is 56.9 Å². The number of nitrogens with zero attached hydrogens (tertiary/aromatic N) is 1. The highest BCUT2D eigenvalue weighted by atomic mass is 16.6. The lowest BCUT2D eigenvalue weighted by atomic mass is 9.72. The van der Waals surface area contributed by atoms with E-state index in [2.05, 4.69) is 19.9 Å². The van der Waals surface area contributed by atoms with E-state index in [1.54, 1.807) is 30.9 Å². The highest BCUT2D eigenvalue weighted by Gasteiger charge is 2.55. The second-order valence-electron chi connectivity index (χ2n) is 12.5. The first-order valence-corrected chi connectivity index (χ1v) is 15.0. The molecule has 2 unspecified atom stereocenters. The third-order valence-electron chi connectivity index (χ3n) is 9.30. The van der Waals surface area contributed by atoms with Gasteiger partial charge in [-0.15, -0.1) is 0 Å². The van der Waals surface area contributed by atoms with Crippen molar-refractivity contribution < 1.29 is 33.7 Å². The standard InChI is InChI=1S/C32H47NO7/c1-21(6-12-29-30(36)32(20-39-32)14-16-38-29)5-8-25-9-10-26(22(2)17-25)18-28(35)11-7-23(3)40-31(37)33-15-13-27(19-33)24(4)34/h5-7,11-12,22-23,25-27,29-30,36H,8-10,13-20H2,1-4H3/b11-7-,12-6+,21-5+/t22-,23-,25-,26-,27?,29?,30+,32+/m0/s1. The lowest BCUT2D eigenvalue weighted by Crippen LogP contribution is -2.46. The number of ether oxygens (including phenoxy) is 3. The Morgan fingerprint density at radius 2 is 1.95 bits per heavy atom. The summed E-state index contributed by atoms with van der Waals surface area (Å²) in [5.74, 6) is 1.52. The minimum atomic E-state index is -0.603. The lowest BCUT2D eigenvalue weighted by Gasteiger charge is -2.33. The summed E-state index contributed by atoms with van der Waals surface area (Å²) in [5, 5.41) is 10.5. The van der Waals surface area contributed by atoms with Gasteiger partial charge in [-0.1, -0.05) is 30.7 Å². The van der Waals surface area contributed by atoms with Crippen molar-refractivity contribution in [2.45, 2.75) is 96.6 Å². The largest absolute Gasteiger partial charge is 0.442 e. The molecule has 4 fully saturated rings. The van der Waals surface area contributed by atoms with Crippen LogP contribution in [0.3, 0.4) is 0 Å². The molecule has 3 aliphatic heterocycles. The summed E-state index contributed by atoms with van der Waals surface area (Å²) in [5.41, 5.74) is 0.790. The van der Waals surface area contributed by atoms with E-state index in [4.69, 9.17) is 14.2 Å². The predicted octanol–water partition coefficient (Wildman–Crippen LogP) is 4.80. The minimum absolute atomic E-state index is 0.0717. The van der Waals surface area contributed by atoms with Crippen LogP contribution in [0.5, 0.6) is 0 Å². The van der Waals surface area contributed by atoms with E-state index in [9.17, 15) is 19.5 Å². The summed E-state index contributed by atoms with van der Waals surface area (Å²) in [6.45, 7) is 9.81. The lowest BCUT2D eigenvalue weighted by molar-refractivity contribution is -0.120. The normalized spacial score (nSPS) is 35.4. The number of hydrogen-bond donors (Lipinski definition) is 1. The molecule has 8 heteroatoms. The van der Waals surface area contributed by atoms with Gasteiger partial charge in [-0.3, -0.25) is 9.59 Å². The molecule has 40 heavy (non-hydrogen) atoms. The van der Waals surface area contributed by atoms with Crippen LogP contribution in [0.25, 0.3) is 0 Å². The molecule has 8 atom stereocenters. The number of likely N-dealkylation sites (tertiary alicyclic amines) is 1. The SMILES string of the molecule is CC(=O)C1CCN(C(=O)O[C@@H](C)/C=C\C(=O)C[C@@H]2CC[C@H](C/C=C(C)/C=C/C3OCC[C@@]4(CO4)[C@@H]3O)C[C@@H]2C)C1. The fourth-order valence-electron chi connectivity index (χ4n) is 6.33. The van der Waals surface area contributed by atoms with Gasteiger partial charge < -0.3 is 24.2 Å². The van der Waals surface area contributed by atoms with Crippen molar-refractivity contribution in [1.29, 1.82) is 0 Å². The van der Waals surface area contributed by atoms with Crippen LogP contribution in [-0.2, 0) is 23.8 Å². The molecule has 0 aromatic heterocycles. The Balaban J connectivity index is 1.15. The van der Waals surface area contributed by atoms with E-state index in [0.717, 1.165) is 32.1 Å². The Kier molecular flexibility index (Phi) is 10.4. The first-order chi connectivity index (χ1) is 19.1. The van der Waals surface area contributed by atoms with E-state index < -0.39 is 18.3 Å². The van der Waals surface area contributed by atoms with Crippen molar-refractivity contribution in [3.05, 3.63) is 36.0 Å². The van der Waals surface area contributed by atoms with Crippen LogP contribution in [0.4, 0.5) is 4.79 Å². The summed E-state index contributed by atoms with van der Waals surface area (Å²) in [7, 11) is 0. The molecule has 1 amide bonds. The van der Waals surface area contributed by atoms with Gasteiger partial charge in [0.1, 0.15) is 29.7 Å². The van der Waals surface area contributed by atoms with Crippen molar-refractivity contribution in [2.75, 3.05) is 26.3 Å². The maximum Gasteiger partial charge on any atom is 0.410 e. The summed E-state index contributed by atoms with van der Waals surface area (Å²) in [6, 6.07) is 0. The monoisotopic (exact) mass is 557 g/mol. The van der Waals surface area contributed by atoms with Crippen molar-refractivity contribution in [2.24, 2.45) is 23.7 Å². The number of Topliss-reactive ketones (excluding diaryl/α,β-unsaturated/α-hetero) is 1. The fourth-order valence-corrected chi connectivity index (χ4v) is 6.33. The molecule has 0 aromatic rings. The van der Waals surface area contributed by atoms with Crippen molar-refractivity contribution in [1.82, 2.24) is 4.90 Å². The molecule has 1 aliphatic carbocycles. The molecular formula is C32H47NO7. The van der Waals surface area contributed by atoms with E-state index in [1.807, 2.05) is 12.2 Å². The second-order valence-corrected chi connectivity index (χ2v) is 12.5. The molecule has 4 rings (SSSR count).